The van der Waals surface area contributed by atoms with Gasteiger partial charge in [0.15, 0.2) is 0 Å². The van der Waals surface area contributed by atoms with Crippen LogP contribution in [-0.4, -0.2) is 41.4 Å². The van der Waals surface area contributed by atoms with Crippen LogP contribution in [0.2, 0.25) is 0 Å². The van der Waals surface area contributed by atoms with E-state index in [0.29, 0.717) is 19.7 Å². The van der Waals surface area contributed by atoms with E-state index >= 15 is 0 Å². The second-order valence-electron chi connectivity index (χ2n) is 3.35. The molecule has 0 bridgehead atoms. The maximum absolute atomic E-state index is 10.8. The van der Waals surface area contributed by atoms with Crippen molar-refractivity contribution in [1.82, 2.24) is 4.90 Å². The van der Waals surface area contributed by atoms with Crippen LogP contribution in [0, 0.1) is 0 Å². The summed E-state index contributed by atoms with van der Waals surface area (Å²) in [4.78, 5) is 12.3. The number of hydrogen-bond donors (Lipinski definition) is 1. The van der Waals surface area contributed by atoms with Gasteiger partial charge in [-0.25, -0.2) is 4.79 Å². The summed E-state index contributed by atoms with van der Waals surface area (Å²) in [6.07, 6.45) is -0.327. The van der Waals surface area contributed by atoms with Gasteiger partial charge in [-0.2, -0.15) is 0 Å². The van der Waals surface area contributed by atoms with Crippen molar-refractivity contribution in [2.75, 3.05) is 19.7 Å². The number of carbonyl (C=O) groups excluding carboxylic acids is 1. The Kier molecular flexibility index (Phi) is 2.04. The van der Waals surface area contributed by atoms with Crippen LogP contribution in [0.1, 0.15) is 13.8 Å². The summed E-state index contributed by atoms with van der Waals surface area (Å²) in [5, 5.41) is 9.35. The number of cyclic esters (lactones) is 1. The molecule has 1 heterocycles. The zero-order chi connectivity index (χ0) is 8.48. The van der Waals surface area contributed by atoms with Gasteiger partial charge in [-0.3, -0.25) is 0 Å². The maximum Gasteiger partial charge on any atom is 0.410 e. The van der Waals surface area contributed by atoms with Crippen LogP contribution in [0.3, 0.4) is 0 Å². The van der Waals surface area contributed by atoms with Gasteiger partial charge in [0, 0.05) is 0 Å². The molecule has 1 fully saturated rings. The molecule has 0 aliphatic carbocycles. The van der Waals surface area contributed by atoms with Crippen LogP contribution in [0.4, 0.5) is 4.79 Å². The number of rotatable bonds is 2. The van der Waals surface area contributed by atoms with Crippen molar-refractivity contribution in [2.45, 2.75) is 19.4 Å². The van der Waals surface area contributed by atoms with E-state index in [1.807, 2.05) is 0 Å². The Hall–Kier alpha value is -0.770. The third kappa shape index (κ3) is 2.38. The molecule has 1 aliphatic rings. The summed E-state index contributed by atoms with van der Waals surface area (Å²) in [6.45, 7) is 4.70. The number of nitrogens with zero attached hydrogens (tertiary/aromatic N) is 1. The molecule has 0 atom stereocenters. The van der Waals surface area contributed by atoms with Crippen molar-refractivity contribution in [2.24, 2.45) is 0 Å². The fourth-order valence-electron chi connectivity index (χ4n) is 1.04. The predicted molar refractivity (Wildman–Crippen MR) is 39.2 cm³/mol. The van der Waals surface area contributed by atoms with Crippen LogP contribution in [0.5, 0.6) is 0 Å². The van der Waals surface area contributed by atoms with Crippen molar-refractivity contribution >= 4 is 6.09 Å². The number of amides is 1. The second-order valence-corrected chi connectivity index (χ2v) is 3.35. The van der Waals surface area contributed by atoms with Crippen LogP contribution < -0.4 is 0 Å². The third-order valence-electron chi connectivity index (χ3n) is 1.42. The van der Waals surface area contributed by atoms with Crippen LogP contribution in [-0.2, 0) is 4.74 Å². The van der Waals surface area contributed by atoms with Gasteiger partial charge in [0.2, 0.25) is 0 Å². The summed E-state index contributed by atoms with van der Waals surface area (Å²) in [5.74, 6) is 0. The van der Waals surface area contributed by atoms with Gasteiger partial charge in [0.25, 0.3) is 0 Å². The molecule has 1 N–H and O–H groups in total. The first-order valence-electron chi connectivity index (χ1n) is 3.63. The Balaban J connectivity index is 2.43. The van der Waals surface area contributed by atoms with E-state index in [2.05, 4.69) is 4.74 Å². The van der Waals surface area contributed by atoms with E-state index in [-0.39, 0.29) is 6.09 Å². The highest BCUT2D eigenvalue weighted by molar-refractivity contribution is 5.69. The van der Waals surface area contributed by atoms with Gasteiger partial charge in [0.05, 0.1) is 18.7 Å². The van der Waals surface area contributed by atoms with Crippen molar-refractivity contribution < 1.29 is 14.6 Å². The second kappa shape index (κ2) is 2.70. The molecule has 1 amide bonds. The third-order valence-corrected chi connectivity index (χ3v) is 1.42. The normalized spacial score (nSPS) is 18.8. The van der Waals surface area contributed by atoms with Gasteiger partial charge in [-0.05, 0) is 13.8 Å². The number of ether oxygens (including phenoxy) is 1. The average molecular weight is 159 g/mol. The number of carbonyl (C=O) groups is 1. The minimum Gasteiger partial charge on any atom is -0.448 e. The van der Waals surface area contributed by atoms with Crippen LogP contribution in [0.25, 0.3) is 0 Å². The van der Waals surface area contributed by atoms with Crippen molar-refractivity contribution in [3.63, 3.8) is 0 Å². The molecule has 64 valence electrons. The lowest BCUT2D eigenvalue weighted by atomic mass is 10.1. The summed E-state index contributed by atoms with van der Waals surface area (Å²) < 4.78 is 4.69. The van der Waals surface area contributed by atoms with Crippen LogP contribution in [0.15, 0.2) is 0 Å². The smallest absolute Gasteiger partial charge is 0.410 e. The number of aliphatic hydroxyl groups is 1. The first-order valence-corrected chi connectivity index (χ1v) is 3.63. The molecule has 0 saturated carbocycles. The minimum absolute atomic E-state index is 0.327. The molecule has 0 spiro atoms. The molecule has 1 saturated heterocycles. The molecule has 11 heavy (non-hydrogen) atoms. The fourth-order valence-corrected chi connectivity index (χ4v) is 1.04. The highest BCUT2D eigenvalue weighted by Crippen LogP contribution is 2.09. The zero-order valence-corrected chi connectivity index (χ0v) is 6.83. The Morgan fingerprint density at radius 2 is 2.36 bits per heavy atom. The van der Waals surface area contributed by atoms with E-state index in [0.717, 1.165) is 0 Å². The highest BCUT2D eigenvalue weighted by Gasteiger charge is 2.27. The van der Waals surface area contributed by atoms with E-state index in [9.17, 15) is 9.90 Å². The standard InChI is InChI=1S/C7H13NO3/c1-7(2,10)5-8-3-4-11-6(8)9/h10H,3-5H2,1-2H3. The van der Waals surface area contributed by atoms with Gasteiger partial charge >= 0.3 is 6.09 Å². The lowest BCUT2D eigenvalue weighted by molar-refractivity contribution is 0.0492. The van der Waals surface area contributed by atoms with Crippen LogP contribution >= 0.6 is 0 Å². The minimum atomic E-state index is -0.830. The molecule has 0 aromatic rings. The van der Waals surface area contributed by atoms with Crippen molar-refractivity contribution in [3.8, 4) is 0 Å². The number of hydrogen-bond acceptors (Lipinski definition) is 3. The predicted octanol–water partition coefficient (Wildman–Crippen LogP) is 0.210. The summed E-state index contributed by atoms with van der Waals surface area (Å²) >= 11 is 0. The molecule has 0 unspecified atom stereocenters. The summed E-state index contributed by atoms with van der Waals surface area (Å²) in [7, 11) is 0. The Morgan fingerprint density at radius 1 is 1.73 bits per heavy atom. The molecule has 1 aliphatic heterocycles. The zero-order valence-electron chi connectivity index (χ0n) is 6.83. The Labute approximate surface area is 65.8 Å². The van der Waals surface area contributed by atoms with E-state index in [4.69, 9.17) is 0 Å². The Bertz CT molecular complexity index is 162. The lowest BCUT2D eigenvalue weighted by Crippen LogP contribution is -2.38. The van der Waals surface area contributed by atoms with Gasteiger partial charge < -0.3 is 14.7 Å². The quantitative estimate of drug-likeness (QED) is 0.626. The van der Waals surface area contributed by atoms with Crippen molar-refractivity contribution in [1.29, 1.82) is 0 Å². The highest BCUT2D eigenvalue weighted by atomic mass is 16.6. The fraction of sp³-hybridized carbons (Fsp3) is 0.857. The lowest BCUT2D eigenvalue weighted by Gasteiger charge is -2.22. The maximum atomic E-state index is 10.8. The molecule has 0 radical (unpaired) electrons. The first kappa shape index (κ1) is 8.33. The van der Waals surface area contributed by atoms with E-state index in [1.54, 1.807) is 13.8 Å². The number of β-amino-alcohol motifs (C(OH)–C–C–N with tert-alkyl or cyclic N) is 1. The average Bonchev–Trinajstić information content (AvgIpc) is 2.12. The molecular formula is C7H13NO3. The molecule has 4 nitrogen and oxygen atoms in total. The SMILES string of the molecule is CC(C)(O)CN1CCOC1=O. The molecule has 1 rings (SSSR count). The molecular weight excluding hydrogens is 146 g/mol. The van der Waals surface area contributed by atoms with Gasteiger partial charge in [-0.1, -0.05) is 0 Å². The molecule has 0 aromatic heterocycles. The van der Waals surface area contributed by atoms with E-state index < -0.39 is 5.60 Å². The van der Waals surface area contributed by atoms with Crippen molar-refractivity contribution in [3.05, 3.63) is 0 Å². The first-order chi connectivity index (χ1) is 4.99. The van der Waals surface area contributed by atoms with Gasteiger partial charge in [0.1, 0.15) is 6.61 Å². The summed E-state index contributed by atoms with van der Waals surface area (Å²) in [6, 6.07) is 0. The van der Waals surface area contributed by atoms with Gasteiger partial charge in [-0.15, -0.1) is 0 Å². The monoisotopic (exact) mass is 159 g/mol. The van der Waals surface area contributed by atoms with E-state index in [1.165, 1.54) is 4.90 Å². The Morgan fingerprint density at radius 3 is 2.73 bits per heavy atom. The summed E-state index contributed by atoms with van der Waals surface area (Å²) in [5.41, 5.74) is -0.830. The molecule has 4 heteroatoms. The molecule has 0 aromatic carbocycles. The largest absolute Gasteiger partial charge is 0.448 e. The topological polar surface area (TPSA) is 49.8 Å².